The van der Waals surface area contributed by atoms with Gasteiger partial charge in [-0.1, -0.05) is 48.2 Å². The molecule has 28 heavy (non-hydrogen) atoms. The number of Topliss-reactive ketones (excluding diaryl/α,β-unsaturated/α-hetero) is 1. The van der Waals surface area contributed by atoms with Crippen LogP contribution in [-0.2, 0) is 16.0 Å². The summed E-state index contributed by atoms with van der Waals surface area (Å²) in [5.41, 5.74) is 1.61. The Morgan fingerprint density at radius 1 is 1.18 bits per heavy atom. The predicted molar refractivity (Wildman–Crippen MR) is 107 cm³/mol. The summed E-state index contributed by atoms with van der Waals surface area (Å²) in [7, 11) is 0. The normalized spacial score (nSPS) is 11.8. The molecule has 144 valence electrons. The minimum atomic E-state index is -0.571. The Kier molecular flexibility index (Phi) is 6.60. The molecule has 3 rings (SSSR count). The molecule has 0 aliphatic rings. The SMILES string of the molecule is CC(=O)[C@H](Cc1ccccc1)NC(=O)CSc1nccn1-c1cccc(F)c1. The van der Waals surface area contributed by atoms with Gasteiger partial charge in [-0.25, -0.2) is 9.37 Å². The number of nitrogens with one attached hydrogen (secondary N) is 1. The van der Waals surface area contributed by atoms with Crippen molar-refractivity contribution in [3.63, 3.8) is 0 Å². The van der Waals surface area contributed by atoms with Gasteiger partial charge in [-0.05, 0) is 37.1 Å². The number of amides is 1. The molecule has 1 amide bonds. The third kappa shape index (κ3) is 5.29. The zero-order chi connectivity index (χ0) is 19.9. The zero-order valence-electron chi connectivity index (χ0n) is 15.3. The van der Waals surface area contributed by atoms with E-state index in [1.807, 2.05) is 30.3 Å². The van der Waals surface area contributed by atoms with Gasteiger partial charge in [-0.3, -0.25) is 14.2 Å². The van der Waals surface area contributed by atoms with Gasteiger partial charge in [0.2, 0.25) is 5.91 Å². The Balaban J connectivity index is 1.61. The number of thioether (sulfide) groups is 1. The van der Waals surface area contributed by atoms with Crippen LogP contribution in [0.3, 0.4) is 0 Å². The Morgan fingerprint density at radius 2 is 1.96 bits per heavy atom. The summed E-state index contributed by atoms with van der Waals surface area (Å²) >= 11 is 1.23. The first-order valence-corrected chi connectivity index (χ1v) is 9.77. The van der Waals surface area contributed by atoms with Crippen molar-refractivity contribution in [3.8, 4) is 5.69 Å². The number of hydrogen-bond acceptors (Lipinski definition) is 4. The molecule has 2 aromatic carbocycles. The minimum Gasteiger partial charge on any atom is -0.345 e. The second-order valence-electron chi connectivity index (χ2n) is 6.27. The molecule has 0 aliphatic heterocycles. The van der Waals surface area contributed by atoms with E-state index in [1.54, 1.807) is 29.1 Å². The van der Waals surface area contributed by atoms with Crippen molar-refractivity contribution in [2.75, 3.05) is 5.75 Å². The highest BCUT2D eigenvalue weighted by Gasteiger charge is 2.18. The lowest BCUT2D eigenvalue weighted by Crippen LogP contribution is -2.42. The molecule has 0 saturated carbocycles. The van der Waals surface area contributed by atoms with Crippen LogP contribution in [0, 0.1) is 5.82 Å². The molecule has 7 heteroatoms. The van der Waals surface area contributed by atoms with Crippen LogP contribution in [0.4, 0.5) is 4.39 Å². The number of hydrogen-bond donors (Lipinski definition) is 1. The number of halogens is 1. The van der Waals surface area contributed by atoms with Gasteiger partial charge in [0.15, 0.2) is 10.9 Å². The third-order valence-electron chi connectivity index (χ3n) is 4.13. The molecule has 1 N–H and O–H groups in total. The summed E-state index contributed by atoms with van der Waals surface area (Å²) in [5.74, 6) is -0.589. The van der Waals surface area contributed by atoms with Crippen molar-refractivity contribution < 1.29 is 14.0 Å². The summed E-state index contributed by atoms with van der Waals surface area (Å²) < 4.78 is 15.2. The molecule has 0 radical (unpaired) electrons. The lowest BCUT2D eigenvalue weighted by atomic mass is 10.0. The van der Waals surface area contributed by atoms with E-state index >= 15 is 0 Å². The number of ketones is 1. The number of imidazole rings is 1. The minimum absolute atomic E-state index is 0.0940. The molecule has 1 atom stereocenters. The number of carbonyl (C=O) groups is 2. The van der Waals surface area contributed by atoms with Gasteiger partial charge in [0.05, 0.1) is 17.5 Å². The number of aromatic nitrogens is 2. The zero-order valence-corrected chi connectivity index (χ0v) is 16.2. The molecule has 0 fully saturated rings. The van der Waals surface area contributed by atoms with Crippen molar-refractivity contribution in [1.82, 2.24) is 14.9 Å². The van der Waals surface area contributed by atoms with Gasteiger partial charge >= 0.3 is 0 Å². The van der Waals surface area contributed by atoms with Crippen LogP contribution in [0.1, 0.15) is 12.5 Å². The number of rotatable bonds is 8. The largest absolute Gasteiger partial charge is 0.345 e. The summed E-state index contributed by atoms with van der Waals surface area (Å²) in [6.07, 6.45) is 3.76. The van der Waals surface area contributed by atoms with E-state index in [0.29, 0.717) is 17.3 Å². The average molecular weight is 397 g/mol. The standard InChI is InChI=1S/C21H20FN3O2S/c1-15(26)19(12-16-6-3-2-4-7-16)24-20(27)14-28-21-23-10-11-25(21)18-9-5-8-17(22)13-18/h2-11,13,19H,12,14H2,1H3,(H,24,27)/t19-/m0/s1. The Labute approximate surface area is 167 Å². The van der Waals surface area contributed by atoms with Crippen LogP contribution in [0.5, 0.6) is 0 Å². The molecule has 0 spiro atoms. The second-order valence-corrected chi connectivity index (χ2v) is 7.21. The van der Waals surface area contributed by atoms with Crippen LogP contribution in [0.25, 0.3) is 5.69 Å². The van der Waals surface area contributed by atoms with E-state index in [1.165, 1.54) is 30.8 Å². The molecule has 0 unspecified atom stereocenters. The summed E-state index contributed by atoms with van der Waals surface area (Å²) in [4.78, 5) is 28.5. The fraction of sp³-hybridized carbons (Fsp3) is 0.190. The monoisotopic (exact) mass is 397 g/mol. The summed E-state index contributed by atoms with van der Waals surface area (Å²) in [5, 5.41) is 3.36. The van der Waals surface area contributed by atoms with E-state index in [-0.39, 0.29) is 23.3 Å². The van der Waals surface area contributed by atoms with E-state index in [9.17, 15) is 14.0 Å². The lowest BCUT2D eigenvalue weighted by molar-refractivity contribution is -0.125. The van der Waals surface area contributed by atoms with Crippen LogP contribution >= 0.6 is 11.8 Å². The number of benzene rings is 2. The lowest BCUT2D eigenvalue weighted by Gasteiger charge is -2.16. The Bertz CT molecular complexity index is 959. The molecule has 0 bridgehead atoms. The van der Waals surface area contributed by atoms with Crippen molar-refractivity contribution in [2.45, 2.75) is 24.5 Å². The maximum atomic E-state index is 13.5. The first kappa shape index (κ1) is 19.8. The fourth-order valence-corrected chi connectivity index (χ4v) is 3.52. The van der Waals surface area contributed by atoms with Crippen molar-refractivity contribution in [1.29, 1.82) is 0 Å². The summed E-state index contributed by atoms with van der Waals surface area (Å²) in [6.45, 7) is 1.47. The number of carbonyl (C=O) groups excluding carboxylic acids is 2. The molecule has 0 aliphatic carbocycles. The van der Waals surface area contributed by atoms with Gasteiger partial charge in [0.1, 0.15) is 5.82 Å². The quantitative estimate of drug-likeness (QED) is 0.592. The average Bonchev–Trinajstić information content (AvgIpc) is 3.15. The Morgan fingerprint density at radius 3 is 2.68 bits per heavy atom. The molecule has 5 nitrogen and oxygen atoms in total. The van der Waals surface area contributed by atoms with Gasteiger partial charge in [-0.2, -0.15) is 0 Å². The van der Waals surface area contributed by atoms with Gasteiger partial charge in [-0.15, -0.1) is 0 Å². The first-order chi connectivity index (χ1) is 13.5. The highest BCUT2D eigenvalue weighted by atomic mass is 32.2. The molecule has 0 saturated heterocycles. The second kappa shape index (κ2) is 9.32. The maximum Gasteiger partial charge on any atom is 0.231 e. The number of nitrogens with zero attached hydrogens (tertiary/aromatic N) is 2. The molecular weight excluding hydrogens is 377 g/mol. The van der Waals surface area contributed by atoms with Gasteiger partial charge in [0.25, 0.3) is 0 Å². The molecule has 1 heterocycles. The van der Waals surface area contributed by atoms with Crippen LogP contribution in [-0.4, -0.2) is 33.0 Å². The highest BCUT2D eigenvalue weighted by molar-refractivity contribution is 7.99. The Hall–Kier alpha value is -2.93. The maximum absolute atomic E-state index is 13.5. The van der Waals surface area contributed by atoms with E-state index in [2.05, 4.69) is 10.3 Å². The first-order valence-electron chi connectivity index (χ1n) is 8.79. The van der Waals surface area contributed by atoms with E-state index in [4.69, 9.17) is 0 Å². The molecule has 3 aromatic rings. The van der Waals surface area contributed by atoms with Gasteiger partial charge in [0, 0.05) is 12.4 Å². The molecular formula is C21H20FN3O2S. The van der Waals surface area contributed by atoms with E-state index in [0.717, 1.165) is 5.56 Å². The van der Waals surface area contributed by atoms with Gasteiger partial charge < -0.3 is 5.32 Å². The molecule has 1 aromatic heterocycles. The van der Waals surface area contributed by atoms with Crippen molar-refractivity contribution >= 4 is 23.5 Å². The topological polar surface area (TPSA) is 64.0 Å². The van der Waals surface area contributed by atoms with E-state index < -0.39 is 6.04 Å². The third-order valence-corrected chi connectivity index (χ3v) is 5.10. The van der Waals surface area contributed by atoms with Crippen molar-refractivity contribution in [2.24, 2.45) is 0 Å². The van der Waals surface area contributed by atoms with Crippen LogP contribution in [0.15, 0.2) is 72.1 Å². The fourth-order valence-electron chi connectivity index (χ4n) is 2.73. The smallest absolute Gasteiger partial charge is 0.231 e. The van der Waals surface area contributed by atoms with Crippen LogP contribution in [0.2, 0.25) is 0 Å². The van der Waals surface area contributed by atoms with Crippen molar-refractivity contribution in [3.05, 3.63) is 78.4 Å². The predicted octanol–water partition coefficient (Wildman–Crippen LogP) is 3.42. The summed E-state index contributed by atoms with van der Waals surface area (Å²) in [6, 6.07) is 15.1. The highest BCUT2D eigenvalue weighted by Crippen LogP contribution is 2.20. The van der Waals surface area contributed by atoms with Crippen LogP contribution < -0.4 is 5.32 Å².